The average molecular weight is 584 g/mol. The highest BCUT2D eigenvalue weighted by Gasteiger charge is 2.17. The SMILES string of the molecule is COc1cc(Nc2ncnc(Cc3ccc(NCc4ccccc4)c(C=N)c3)n2)cc(OC)c1OCCN1CCOCC1. The van der Waals surface area contributed by atoms with E-state index in [1.54, 1.807) is 14.2 Å². The summed E-state index contributed by atoms with van der Waals surface area (Å²) >= 11 is 0. The molecule has 43 heavy (non-hydrogen) atoms. The lowest BCUT2D eigenvalue weighted by Crippen LogP contribution is -2.38. The molecule has 11 nitrogen and oxygen atoms in total. The minimum atomic E-state index is 0.392. The van der Waals surface area contributed by atoms with Crippen LogP contribution < -0.4 is 24.8 Å². The Morgan fingerprint density at radius 2 is 1.72 bits per heavy atom. The highest BCUT2D eigenvalue weighted by atomic mass is 16.5. The molecule has 0 saturated carbocycles. The second kappa shape index (κ2) is 14.9. The Morgan fingerprint density at radius 3 is 2.44 bits per heavy atom. The number of anilines is 3. The molecule has 224 valence electrons. The molecule has 0 amide bonds. The molecular weight excluding hydrogens is 546 g/mol. The van der Waals surface area contributed by atoms with Gasteiger partial charge in [0.2, 0.25) is 11.7 Å². The van der Waals surface area contributed by atoms with Crippen molar-refractivity contribution in [2.24, 2.45) is 0 Å². The first kappa shape index (κ1) is 29.7. The minimum absolute atomic E-state index is 0.392. The monoisotopic (exact) mass is 583 g/mol. The van der Waals surface area contributed by atoms with E-state index in [4.69, 9.17) is 24.4 Å². The number of hydrogen-bond acceptors (Lipinski definition) is 11. The zero-order chi connectivity index (χ0) is 29.9. The molecule has 1 saturated heterocycles. The zero-order valence-electron chi connectivity index (χ0n) is 24.5. The second-order valence-corrected chi connectivity index (χ2v) is 9.94. The van der Waals surface area contributed by atoms with Crippen molar-refractivity contribution in [3.63, 3.8) is 0 Å². The molecule has 5 rings (SSSR count). The highest BCUT2D eigenvalue weighted by Crippen LogP contribution is 2.40. The van der Waals surface area contributed by atoms with Gasteiger partial charge in [-0.1, -0.05) is 36.4 Å². The lowest BCUT2D eigenvalue weighted by Gasteiger charge is -2.26. The smallest absolute Gasteiger partial charge is 0.230 e. The molecule has 0 spiro atoms. The molecule has 1 aliphatic heterocycles. The number of hydrogen-bond donors (Lipinski definition) is 3. The molecular formula is C32H37N7O4. The fourth-order valence-corrected chi connectivity index (χ4v) is 4.78. The molecule has 0 bridgehead atoms. The van der Waals surface area contributed by atoms with Crippen LogP contribution in [0.15, 0.2) is 67.0 Å². The van der Waals surface area contributed by atoms with Crippen molar-refractivity contribution in [3.8, 4) is 17.2 Å². The summed E-state index contributed by atoms with van der Waals surface area (Å²) in [6.45, 7) is 5.26. The molecule has 0 unspecified atom stereocenters. The Balaban J connectivity index is 1.24. The van der Waals surface area contributed by atoms with E-state index >= 15 is 0 Å². The van der Waals surface area contributed by atoms with Crippen LogP contribution in [0.2, 0.25) is 0 Å². The van der Waals surface area contributed by atoms with Crippen LogP contribution in [0.1, 0.15) is 22.5 Å². The Hall–Kier alpha value is -4.74. The van der Waals surface area contributed by atoms with Crippen LogP contribution in [0.4, 0.5) is 17.3 Å². The van der Waals surface area contributed by atoms with Crippen molar-refractivity contribution in [2.75, 3.05) is 64.3 Å². The number of benzene rings is 3. The Labute approximate surface area is 251 Å². The van der Waals surface area contributed by atoms with Gasteiger partial charge in [-0.15, -0.1) is 0 Å². The van der Waals surface area contributed by atoms with Gasteiger partial charge in [-0.05, 0) is 23.3 Å². The number of morpholine rings is 1. The summed E-state index contributed by atoms with van der Waals surface area (Å²) in [5.41, 5.74) is 4.55. The molecule has 1 aromatic heterocycles. The summed E-state index contributed by atoms with van der Waals surface area (Å²) in [5.74, 6) is 2.62. The normalized spacial score (nSPS) is 13.3. The van der Waals surface area contributed by atoms with E-state index in [9.17, 15) is 0 Å². The average Bonchev–Trinajstić information content (AvgIpc) is 3.05. The van der Waals surface area contributed by atoms with Gasteiger partial charge < -0.3 is 35.0 Å². The number of rotatable bonds is 14. The maximum Gasteiger partial charge on any atom is 0.230 e. The standard InChI is InChI=1S/C32H37N7O4/c1-40-28-18-26(19-29(41-2)31(28)43-15-12-39-10-13-42-14-11-39)37-32-36-22-35-30(38-32)17-24-8-9-27(25(16-24)20-33)34-21-23-6-4-3-5-7-23/h3-9,16,18-20,22,33-34H,10-15,17,21H2,1-2H3,(H,35,36,37,38). The van der Waals surface area contributed by atoms with Gasteiger partial charge in [-0.2, -0.15) is 4.98 Å². The van der Waals surface area contributed by atoms with Crippen LogP contribution in [0, 0.1) is 5.41 Å². The van der Waals surface area contributed by atoms with Gasteiger partial charge in [0.05, 0.1) is 27.4 Å². The van der Waals surface area contributed by atoms with Gasteiger partial charge in [-0.3, -0.25) is 4.90 Å². The van der Waals surface area contributed by atoms with Crippen LogP contribution in [-0.4, -0.2) is 79.7 Å². The summed E-state index contributed by atoms with van der Waals surface area (Å²) in [6, 6.07) is 19.8. The van der Waals surface area contributed by atoms with Gasteiger partial charge in [0.15, 0.2) is 11.5 Å². The summed E-state index contributed by atoms with van der Waals surface area (Å²) in [7, 11) is 3.19. The van der Waals surface area contributed by atoms with E-state index < -0.39 is 0 Å². The van der Waals surface area contributed by atoms with E-state index in [0.29, 0.717) is 54.3 Å². The van der Waals surface area contributed by atoms with Gasteiger partial charge in [-0.25, -0.2) is 9.97 Å². The van der Waals surface area contributed by atoms with Gasteiger partial charge in [0.1, 0.15) is 18.8 Å². The van der Waals surface area contributed by atoms with Gasteiger partial charge >= 0.3 is 0 Å². The maximum absolute atomic E-state index is 7.92. The third-order valence-corrected chi connectivity index (χ3v) is 7.06. The number of aromatic nitrogens is 3. The number of nitrogens with one attached hydrogen (secondary N) is 3. The van der Waals surface area contributed by atoms with Crippen molar-refractivity contribution >= 4 is 23.5 Å². The first-order chi connectivity index (χ1) is 21.1. The van der Waals surface area contributed by atoms with Gasteiger partial charge in [0, 0.05) is 67.9 Å². The van der Waals surface area contributed by atoms with Crippen molar-refractivity contribution < 1.29 is 18.9 Å². The lowest BCUT2D eigenvalue weighted by atomic mass is 10.1. The van der Waals surface area contributed by atoms with E-state index in [1.807, 2.05) is 48.5 Å². The third kappa shape index (κ3) is 8.18. The molecule has 0 atom stereocenters. The van der Waals surface area contributed by atoms with Crippen LogP contribution in [0.3, 0.4) is 0 Å². The molecule has 0 aliphatic carbocycles. The molecule has 2 heterocycles. The Morgan fingerprint density at radius 1 is 0.953 bits per heavy atom. The Bertz CT molecular complexity index is 1470. The summed E-state index contributed by atoms with van der Waals surface area (Å²) in [5, 5.41) is 14.6. The minimum Gasteiger partial charge on any atom is -0.493 e. The van der Waals surface area contributed by atoms with Crippen LogP contribution >= 0.6 is 0 Å². The maximum atomic E-state index is 7.92. The predicted molar refractivity (Wildman–Crippen MR) is 166 cm³/mol. The largest absolute Gasteiger partial charge is 0.493 e. The molecule has 3 N–H and O–H groups in total. The van der Waals surface area contributed by atoms with E-state index in [1.165, 1.54) is 18.1 Å². The molecule has 3 aromatic carbocycles. The van der Waals surface area contributed by atoms with Crippen molar-refractivity contribution in [2.45, 2.75) is 13.0 Å². The molecule has 0 radical (unpaired) electrons. The quantitative estimate of drug-likeness (QED) is 0.182. The van der Waals surface area contributed by atoms with Crippen molar-refractivity contribution in [1.29, 1.82) is 5.41 Å². The molecule has 4 aromatic rings. The fraction of sp³-hybridized carbons (Fsp3) is 0.312. The number of methoxy groups -OCH3 is 2. The van der Waals surface area contributed by atoms with Gasteiger partial charge in [0.25, 0.3) is 0 Å². The summed E-state index contributed by atoms with van der Waals surface area (Å²) in [4.78, 5) is 15.6. The first-order valence-corrected chi connectivity index (χ1v) is 14.2. The first-order valence-electron chi connectivity index (χ1n) is 14.2. The lowest BCUT2D eigenvalue weighted by molar-refractivity contribution is 0.0319. The van der Waals surface area contributed by atoms with E-state index in [-0.39, 0.29) is 0 Å². The topological polar surface area (TPSA) is 127 Å². The number of ether oxygens (including phenoxy) is 4. The van der Waals surface area contributed by atoms with E-state index in [0.717, 1.165) is 49.7 Å². The number of nitrogens with zero attached hydrogens (tertiary/aromatic N) is 4. The zero-order valence-corrected chi connectivity index (χ0v) is 24.5. The third-order valence-electron chi connectivity index (χ3n) is 7.06. The van der Waals surface area contributed by atoms with Crippen molar-refractivity contribution in [1.82, 2.24) is 19.9 Å². The highest BCUT2D eigenvalue weighted by molar-refractivity contribution is 5.86. The Kier molecular flexibility index (Phi) is 10.3. The van der Waals surface area contributed by atoms with Crippen LogP contribution in [0.25, 0.3) is 0 Å². The molecule has 11 heteroatoms. The second-order valence-electron chi connectivity index (χ2n) is 9.94. The van der Waals surface area contributed by atoms with E-state index in [2.05, 4.69) is 42.6 Å². The molecule has 1 fully saturated rings. The fourth-order valence-electron chi connectivity index (χ4n) is 4.78. The van der Waals surface area contributed by atoms with Crippen molar-refractivity contribution in [3.05, 3.63) is 89.5 Å². The van der Waals surface area contributed by atoms with Crippen LogP contribution in [-0.2, 0) is 17.7 Å². The van der Waals surface area contributed by atoms with Crippen LogP contribution in [0.5, 0.6) is 17.2 Å². The summed E-state index contributed by atoms with van der Waals surface area (Å²) in [6.07, 6.45) is 3.32. The summed E-state index contributed by atoms with van der Waals surface area (Å²) < 4.78 is 22.8. The molecule has 1 aliphatic rings. The predicted octanol–water partition coefficient (Wildman–Crippen LogP) is 4.54.